The summed E-state index contributed by atoms with van der Waals surface area (Å²) in [5, 5.41) is 15.0. The van der Waals surface area contributed by atoms with Crippen molar-refractivity contribution < 1.29 is 27.8 Å². The summed E-state index contributed by atoms with van der Waals surface area (Å²) >= 11 is 0. The molecule has 1 atom stereocenters. The van der Waals surface area contributed by atoms with Gasteiger partial charge in [0.2, 0.25) is 0 Å². The van der Waals surface area contributed by atoms with Gasteiger partial charge in [-0.15, -0.1) is 0 Å². The summed E-state index contributed by atoms with van der Waals surface area (Å²) in [6.07, 6.45) is -5.42. The predicted molar refractivity (Wildman–Crippen MR) is 86.4 cm³/mol. The van der Waals surface area contributed by atoms with E-state index in [1.165, 1.54) is 7.11 Å². The fraction of sp³-hybridized carbons (Fsp3) is 0.235. The maximum Gasteiger partial charge on any atom is 0.416 e. The summed E-state index contributed by atoms with van der Waals surface area (Å²) < 4.78 is 42.6. The molecule has 0 aliphatic carbocycles. The van der Waals surface area contributed by atoms with Crippen LogP contribution in [0.1, 0.15) is 17.2 Å². The van der Waals surface area contributed by atoms with Gasteiger partial charge in [-0.05, 0) is 30.3 Å². The highest BCUT2D eigenvalue weighted by Gasteiger charge is 2.30. The standard InChI is InChI=1S/C17H17F3N2O3/c1-25-15-5-3-2-4-13(15)14(23)10-21-16(24)22-12-8-6-11(7-9-12)17(18,19)20/h2-9,14,23H,10H2,1H3,(H2,21,22,24)/t14-/m1/s1. The smallest absolute Gasteiger partial charge is 0.416 e. The summed E-state index contributed by atoms with van der Waals surface area (Å²) in [5.41, 5.74) is -0.0813. The number of hydrogen-bond donors (Lipinski definition) is 3. The van der Waals surface area contributed by atoms with Crippen molar-refractivity contribution in [1.82, 2.24) is 5.32 Å². The Morgan fingerprint density at radius 2 is 1.80 bits per heavy atom. The summed E-state index contributed by atoms with van der Waals surface area (Å²) in [7, 11) is 1.47. The number of alkyl halides is 3. The molecule has 8 heteroatoms. The molecule has 0 unspecified atom stereocenters. The summed E-state index contributed by atoms with van der Waals surface area (Å²) in [6.45, 7) is -0.0904. The van der Waals surface area contributed by atoms with Crippen molar-refractivity contribution in [3.63, 3.8) is 0 Å². The zero-order valence-corrected chi connectivity index (χ0v) is 13.3. The number of carbonyl (C=O) groups is 1. The van der Waals surface area contributed by atoms with Gasteiger partial charge < -0.3 is 20.5 Å². The molecule has 0 saturated carbocycles. The number of aliphatic hydroxyl groups excluding tert-OH is 1. The van der Waals surface area contributed by atoms with Crippen LogP contribution in [0.25, 0.3) is 0 Å². The molecule has 2 amide bonds. The second-order valence-corrected chi connectivity index (χ2v) is 5.17. The molecule has 2 aromatic carbocycles. The third kappa shape index (κ3) is 5.12. The average Bonchev–Trinajstić information content (AvgIpc) is 2.59. The Bertz CT molecular complexity index is 718. The van der Waals surface area contributed by atoms with E-state index in [0.29, 0.717) is 11.3 Å². The first-order chi connectivity index (χ1) is 11.8. The van der Waals surface area contributed by atoms with Crippen LogP contribution in [0.15, 0.2) is 48.5 Å². The molecular weight excluding hydrogens is 337 g/mol. The zero-order valence-electron chi connectivity index (χ0n) is 13.3. The van der Waals surface area contributed by atoms with Gasteiger partial charge in [-0.2, -0.15) is 13.2 Å². The van der Waals surface area contributed by atoms with Gasteiger partial charge in [-0.3, -0.25) is 0 Å². The molecule has 0 aliphatic rings. The van der Waals surface area contributed by atoms with Gasteiger partial charge in [-0.1, -0.05) is 18.2 Å². The number of aliphatic hydroxyl groups is 1. The Hall–Kier alpha value is -2.74. The van der Waals surface area contributed by atoms with Crippen molar-refractivity contribution in [3.8, 4) is 5.75 Å². The van der Waals surface area contributed by atoms with E-state index < -0.39 is 23.9 Å². The van der Waals surface area contributed by atoms with Crippen LogP contribution in [0.4, 0.5) is 23.7 Å². The van der Waals surface area contributed by atoms with Crippen LogP contribution in [0, 0.1) is 0 Å². The molecule has 0 bridgehead atoms. The number of nitrogens with one attached hydrogen (secondary N) is 2. The molecule has 5 nitrogen and oxygen atoms in total. The Labute approximate surface area is 142 Å². The number of amides is 2. The van der Waals surface area contributed by atoms with Gasteiger partial charge in [-0.25, -0.2) is 4.79 Å². The molecule has 2 rings (SSSR count). The van der Waals surface area contributed by atoms with Crippen molar-refractivity contribution in [3.05, 3.63) is 59.7 Å². The Balaban J connectivity index is 1.90. The maximum absolute atomic E-state index is 12.5. The van der Waals surface area contributed by atoms with Gasteiger partial charge in [0.25, 0.3) is 0 Å². The number of rotatable bonds is 5. The molecule has 0 fully saturated rings. The number of ether oxygens (including phenoxy) is 1. The van der Waals surface area contributed by atoms with Gasteiger partial charge in [0.1, 0.15) is 5.75 Å². The van der Waals surface area contributed by atoms with Crippen LogP contribution in [0.5, 0.6) is 5.75 Å². The first-order valence-corrected chi connectivity index (χ1v) is 7.34. The van der Waals surface area contributed by atoms with Crippen LogP contribution in [0.2, 0.25) is 0 Å². The predicted octanol–water partition coefficient (Wildman–Crippen LogP) is 3.57. The first-order valence-electron chi connectivity index (χ1n) is 7.34. The highest BCUT2D eigenvalue weighted by Crippen LogP contribution is 2.29. The van der Waals surface area contributed by atoms with E-state index in [-0.39, 0.29) is 12.2 Å². The topological polar surface area (TPSA) is 70.6 Å². The van der Waals surface area contributed by atoms with Gasteiger partial charge >= 0.3 is 12.2 Å². The Morgan fingerprint density at radius 1 is 1.16 bits per heavy atom. The van der Waals surface area contributed by atoms with Crippen molar-refractivity contribution in [2.24, 2.45) is 0 Å². The van der Waals surface area contributed by atoms with Crippen molar-refractivity contribution in [2.75, 3.05) is 19.0 Å². The Morgan fingerprint density at radius 3 is 2.40 bits per heavy atom. The first kappa shape index (κ1) is 18.6. The molecule has 0 aliphatic heterocycles. The molecule has 0 saturated heterocycles. The zero-order chi connectivity index (χ0) is 18.4. The lowest BCUT2D eigenvalue weighted by Crippen LogP contribution is -2.32. The minimum absolute atomic E-state index is 0.0904. The van der Waals surface area contributed by atoms with E-state index in [9.17, 15) is 23.1 Å². The highest BCUT2D eigenvalue weighted by molar-refractivity contribution is 5.89. The SMILES string of the molecule is COc1ccccc1[C@H](O)CNC(=O)Nc1ccc(C(F)(F)F)cc1. The molecule has 0 radical (unpaired) electrons. The number of benzene rings is 2. The molecular formula is C17H17F3N2O3. The lowest BCUT2D eigenvalue weighted by Gasteiger charge is -2.16. The number of carbonyl (C=O) groups excluding carboxylic acids is 1. The number of halogens is 3. The summed E-state index contributed by atoms with van der Waals surface area (Å²) in [4.78, 5) is 11.8. The van der Waals surface area contributed by atoms with Crippen molar-refractivity contribution >= 4 is 11.7 Å². The lowest BCUT2D eigenvalue weighted by atomic mass is 10.1. The fourth-order valence-electron chi connectivity index (χ4n) is 2.16. The molecule has 0 spiro atoms. The molecule has 2 aromatic rings. The van der Waals surface area contributed by atoms with E-state index in [1.807, 2.05) is 0 Å². The van der Waals surface area contributed by atoms with Crippen LogP contribution < -0.4 is 15.4 Å². The van der Waals surface area contributed by atoms with Crippen molar-refractivity contribution in [1.29, 1.82) is 0 Å². The monoisotopic (exact) mass is 354 g/mol. The number of urea groups is 1. The molecule has 134 valence electrons. The lowest BCUT2D eigenvalue weighted by molar-refractivity contribution is -0.137. The maximum atomic E-state index is 12.5. The second-order valence-electron chi connectivity index (χ2n) is 5.17. The van der Waals surface area contributed by atoms with E-state index >= 15 is 0 Å². The molecule has 25 heavy (non-hydrogen) atoms. The van der Waals surface area contributed by atoms with Crippen LogP contribution in [0.3, 0.4) is 0 Å². The van der Waals surface area contributed by atoms with Crippen LogP contribution in [-0.2, 0) is 6.18 Å². The molecule has 0 heterocycles. The normalized spacial score (nSPS) is 12.4. The number of hydrogen-bond acceptors (Lipinski definition) is 3. The third-order valence-corrected chi connectivity index (χ3v) is 3.42. The number of anilines is 1. The van der Waals surface area contributed by atoms with E-state index in [0.717, 1.165) is 24.3 Å². The molecule has 3 N–H and O–H groups in total. The number of para-hydroxylation sites is 1. The van der Waals surface area contributed by atoms with E-state index in [4.69, 9.17) is 4.74 Å². The number of methoxy groups -OCH3 is 1. The van der Waals surface area contributed by atoms with Gasteiger partial charge in [0.15, 0.2) is 0 Å². The minimum atomic E-state index is -4.43. The molecule has 0 aromatic heterocycles. The van der Waals surface area contributed by atoms with Gasteiger partial charge in [0.05, 0.1) is 18.8 Å². The van der Waals surface area contributed by atoms with E-state index in [2.05, 4.69) is 10.6 Å². The Kier molecular flexibility index (Phi) is 5.87. The second kappa shape index (κ2) is 7.89. The van der Waals surface area contributed by atoms with Crippen LogP contribution >= 0.6 is 0 Å². The van der Waals surface area contributed by atoms with E-state index in [1.54, 1.807) is 24.3 Å². The summed E-state index contributed by atoms with van der Waals surface area (Å²) in [5.74, 6) is 0.486. The average molecular weight is 354 g/mol. The minimum Gasteiger partial charge on any atom is -0.496 e. The quantitative estimate of drug-likeness (QED) is 0.769. The fourth-order valence-corrected chi connectivity index (χ4v) is 2.16. The largest absolute Gasteiger partial charge is 0.496 e. The van der Waals surface area contributed by atoms with Crippen LogP contribution in [-0.4, -0.2) is 24.8 Å². The van der Waals surface area contributed by atoms with Gasteiger partial charge in [0, 0.05) is 17.8 Å². The summed E-state index contributed by atoms with van der Waals surface area (Å²) in [6, 6.07) is 10.2. The third-order valence-electron chi connectivity index (χ3n) is 3.42. The van der Waals surface area contributed by atoms with Crippen molar-refractivity contribution in [2.45, 2.75) is 12.3 Å². The highest BCUT2D eigenvalue weighted by atomic mass is 19.4.